The maximum atomic E-state index is 11.8. The van der Waals surface area contributed by atoms with Crippen molar-refractivity contribution in [3.63, 3.8) is 0 Å². The lowest BCUT2D eigenvalue weighted by Gasteiger charge is -2.05. The number of alkyl halides is 3. The Hall–Kier alpha value is -0.930. The van der Waals surface area contributed by atoms with Crippen molar-refractivity contribution in [3.05, 3.63) is 23.5 Å². The van der Waals surface area contributed by atoms with Gasteiger partial charge in [-0.05, 0) is 12.5 Å². The van der Waals surface area contributed by atoms with E-state index in [2.05, 4.69) is 5.32 Å². The molecule has 1 aliphatic rings. The molecule has 0 aromatic rings. The van der Waals surface area contributed by atoms with Gasteiger partial charge in [0.15, 0.2) is 0 Å². The third kappa shape index (κ3) is 1.15. The van der Waals surface area contributed by atoms with Crippen LogP contribution in [-0.4, -0.2) is 6.18 Å². The summed E-state index contributed by atoms with van der Waals surface area (Å²) >= 11 is 0. The van der Waals surface area contributed by atoms with E-state index in [0.717, 1.165) is 6.20 Å². The lowest BCUT2D eigenvalue weighted by Crippen LogP contribution is -2.11. The van der Waals surface area contributed by atoms with Crippen molar-refractivity contribution in [2.24, 2.45) is 0 Å². The molecular weight excluding hydrogens is 143 g/mol. The van der Waals surface area contributed by atoms with E-state index in [9.17, 15) is 13.2 Å². The normalized spacial score (nSPS) is 18.0. The van der Waals surface area contributed by atoms with Crippen molar-refractivity contribution in [1.29, 1.82) is 0 Å². The third-order valence-corrected chi connectivity index (χ3v) is 1.11. The predicted octanol–water partition coefficient (Wildman–Crippen LogP) is 1.76. The monoisotopic (exact) mass is 147 g/mol. The highest BCUT2D eigenvalue weighted by Gasteiger charge is 2.36. The van der Waals surface area contributed by atoms with Crippen molar-refractivity contribution in [2.75, 3.05) is 0 Å². The molecule has 2 radical (unpaired) electrons. The summed E-state index contributed by atoms with van der Waals surface area (Å²) in [6.45, 7) is 1.35. The van der Waals surface area contributed by atoms with Gasteiger partial charge in [-0.3, -0.25) is 5.32 Å². The first kappa shape index (κ1) is 7.18. The zero-order valence-electron chi connectivity index (χ0n) is 5.16. The zero-order chi connectivity index (χ0) is 7.78. The molecule has 0 saturated carbocycles. The van der Waals surface area contributed by atoms with E-state index in [1.54, 1.807) is 0 Å². The molecule has 0 aliphatic carbocycles. The van der Waals surface area contributed by atoms with E-state index in [-0.39, 0.29) is 5.57 Å². The number of hydrogen-bond donors (Lipinski definition) is 0. The second-order valence-electron chi connectivity index (χ2n) is 1.93. The van der Waals surface area contributed by atoms with Crippen LogP contribution in [0.5, 0.6) is 0 Å². The molecule has 0 amide bonds. The van der Waals surface area contributed by atoms with E-state index < -0.39 is 11.7 Å². The average Bonchev–Trinajstić information content (AvgIpc) is 2.11. The topological polar surface area (TPSA) is 14.1 Å². The summed E-state index contributed by atoms with van der Waals surface area (Å²) < 4.78 is 35.4. The number of rotatable bonds is 0. The molecular formula is C6H4F3N. The average molecular weight is 147 g/mol. The van der Waals surface area contributed by atoms with Gasteiger partial charge < -0.3 is 0 Å². The summed E-state index contributed by atoms with van der Waals surface area (Å²) in [6, 6.07) is 0. The Labute approximate surface area is 56.2 Å². The van der Waals surface area contributed by atoms with Crippen molar-refractivity contribution in [1.82, 2.24) is 5.32 Å². The van der Waals surface area contributed by atoms with Gasteiger partial charge in [0.1, 0.15) is 6.20 Å². The Bertz CT molecular complexity index is 200. The maximum absolute atomic E-state index is 11.8. The first-order valence-corrected chi connectivity index (χ1v) is 2.59. The van der Waals surface area contributed by atoms with Crippen LogP contribution in [0.25, 0.3) is 0 Å². The molecule has 0 spiro atoms. The predicted molar refractivity (Wildman–Crippen MR) is 28.7 cm³/mol. The van der Waals surface area contributed by atoms with Gasteiger partial charge in [-0.25, -0.2) is 0 Å². The van der Waals surface area contributed by atoms with Crippen LogP contribution >= 0.6 is 0 Å². The fourth-order valence-electron chi connectivity index (χ4n) is 0.633. The van der Waals surface area contributed by atoms with Crippen molar-refractivity contribution >= 4 is 0 Å². The first-order chi connectivity index (χ1) is 4.52. The summed E-state index contributed by atoms with van der Waals surface area (Å²) in [5, 5.41) is 3.24. The Balaban J connectivity index is 2.85. The van der Waals surface area contributed by atoms with Crippen molar-refractivity contribution in [2.45, 2.75) is 13.1 Å². The van der Waals surface area contributed by atoms with Gasteiger partial charge in [0, 0.05) is 6.20 Å². The van der Waals surface area contributed by atoms with Gasteiger partial charge in [0.05, 0.1) is 5.57 Å². The Morgan fingerprint density at radius 2 is 2.10 bits per heavy atom. The maximum Gasteiger partial charge on any atom is 0.418 e. The molecule has 0 fully saturated rings. The summed E-state index contributed by atoms with van der Waals surface area (Å²) in [4.78, 5) is 0. The van der Waals surface area contributed by atoms with Crippen LogP contribution in [0.15, 0.2) is 17.3 Å². The summed E-state index contributed by atoms with van der Waals surface area (Å²) in [5.41, 5.74) is -0.653. The molecule has 0 N–H and O–H groups in total. The second kappa shape index (κ2) is 2.04. The molecule has 1 nitrogen and oxygen atoms in total. The van der Waals surface area contributed by atoms with E-state index in [1.807, 2.05) is 6.20 Å². The zero-order valence-corrected chi connectivity index (χ0v) is 5.16. The fourth-order valence-corrected chi connectivity index (χ4v) is 0.633. The van der Waals surface area contributed by atoms with Crippen LogP contribution in [0.2, 0.25) is 0 Å². The summed E-state index contributed by atoms with van der Waals surface area (Å²) in [7, 11) is 0. The Morgan fingerprint density at radius 1 is 1.50 bits per heavy atom. The van der Waals surface area contributed by atoms with E-state index in [1.165, 1.54) is 6.92 Å². The summed E-state index contributed by atoms with van der Waals surface area (Å²) in [6.07, 6.45) is -1.29. The SMILES string of the molecule is CC1=C[N][C]=C1C(F)(F)F. The minimum atomic E-state index is -4.30. The number of halogens is 3. The molecule has 1 heterocycles. The molecule has 0 saturated heterocycles. The lowest BCUT2D eigenvalue weighted by molar-refractivity contribution is -0.0896. The minimum absolute atomic E-state index is 0.118. The third-order valence-electron chi connectivity index (χ3n) is 1.11. The van der Waals surface area contributed by atoms with Gasteiger partial charge in [-0.15, -0.1) is 0 Å². The van der Waals surface area contributed by atoms with Crippen LogP contribution < -0.4 is 5.32 Å². The van der Waals surface area contributed by atoms with E-state index >= 15 is 0 Å². The molecule has 1 rings (SSSR count). The fraction of sp³-hybridized carbons (Fsp3) is 0.333. The van der Waals surface area contributed by atoms with Crippen molar-refractivity contribution < 1.29 is 13.2 Å². The standard InChI is InChI=1S/C6H4F3N/c1-4-2-10-3-5(4)6(7,8)9/h2H,1H3. The largest absolute Gasteiger partial charge is 0.418 e. The van der Waals surface area contributed by atoms with Gasteiger partial charge >= 0.3 is 6.18 Å². The van der Waals surface area contributed by atoms with Gasteiger partial charge in [-0.2, -0.15) is 13.2 Å². The molecule has 1 aliphatic heterocycles. The first-order valence-electron chi connectivity index (χ1n) is 2.59. The quantitative estimate of drug-likeness (QED) is 0.495. The van der Waals surface area contributed by atoms with Crippen LogP contribution in [-0.2, 0) is 0 Å². The number of nitrogens with zero attached hydrogens (tertiary/aromatic N) is 1. The van der Waals surface area contributed by atoms with Crippen LogP contribution in [0.4, 0.5) is 13.2 Å². The molecule has 4 heteroatoms. The lowest BCUT2D eigenvalue weighted by atomic mass is 10.1. The van der Waals surface area contributed by atoms with Crippen LogP contribution in [0, 0.1) is 6.20 Å². The number of allylic oxidation sites excluding steroid dienone is 2. The molecule has 0 unspecified atom stereocenters. The van der Waals surface area contributed by atoms with Crippen LogP contribution in [0.1, 0.15) is 6.92 Å². The molecule has 0 aromatic carbocycles. The van der Waals surface area contributed by atoms with Crippen molar-refractivity contribution in [3.8, 4) is 0 Å². The minimum Gasteiger partial charge on any atom is -0.254 e. The highest BCUT2D eigenvalue weighted by atomic mass is 19.4. The Kier molecular flexibility index (Phi) is 1.46. The highest BCUT2D eigenvalue weighted by Crippen LogP contribution is 2.31. The van der Waals surface area contributed by atoms with Gasteiger partial charge in [-0.1, -0.05) is 0 Å². The number of hydrogen-bond acceptors (Lipinski definition) is 0. The summed E-state index contributed by atoms with van der Waals surface area (Å²) in [5.74, 6) is 0. The molecule has 0 aromatic heterocycles. The van der Waals surface area contributed by atoms with E-state index in [4.69, 9.17) is 0 Å². The smallest absolute Gasteiger partial charge is 0.254 e. The second-order valence-corrected chi connectivity index (χ2v) is 1.93. The Morgan fingerprint density at radius 3 is 2.30 bits per heavy atom. The molecule has 54 valence electrons. The molecule has 0 bridgehead atoms. The molecule has 0 atom stereocenters. The van der Waals surface area contributed by atoms with Gasteiger partial charge in [0.25, 0.3) is 0 Å². The van der Waals surface area contributed by atoms with E-state index in [0.29, 0.717) is 0 Å². The molecule has 10 heavy (non-hydrogen) atoms. The van der Waals surface area contributed by atoms with Crippen LogP contribution in [0.3, 0.4) is 0 Å². The van der Waals surface area contributed by atoms with Gasteiger partial charge in [0.2, 0.25) is 0 Å². The highest BCUT2D eigenvalue weighted by molar-refractivity contribution is 5.34.